The van der Waals surface area contributed by atoms with Gasteiger partial charge in [-0.25, -0.2) is 17.6 Å². The summed E-state index contributed by atoms with van der Waals surface area (Å²) in [6, 6.07) is 3.48. The van der Waals surface area contributed by atoms with Crippen molar-refractivity contribution in [2.45, 2.75) is 42.7 Å². The van der Waals surface area contributed by atoms with Gasteiger partial charge in [0.05, 0.1) is 36.4 Å². The zero-order valence-electron chi connectivity index (χ0n) is 15.8. The molecule has 29 heavy (non-hydrogen) atoms. The quantitative estimate of drug-likeness (QED) is 0.665. The zero-order valence-corrected chi connectivity index (χ0v) is 17.3. The molecule has 0 saturated carbocycles. The molecule has 1 spiro atoms. The first-order chi connectivity index (χ1) is 13.7. The average Bonchev–Trinajstić information content (AvgIpc) is 3.06. The van der Waals surface area contributed by atoms with Crippen molar-refractivity contribution in [2.75, 3.05) is 19.8 Å². The van der Waals surface area contributed by atoms with Gasteiger partial charge in [-0.15, -0.1) is 0 Å². The van der Waals surface area contributed by atoms with E-state index >= 15 is 0 Å². The first kappa shape index (κ1) is 22.2. The van der Waals surface area contributed by atoms with Crippen molar-refractivity contribution in [3.05, 3.63) is 46.3 Å². The van der Waals surface area contributed by atoms with Crippen LogP contribution in [0, 0.1) is 5.82 Å². The second-order valence-electron chi connectivity index (χ2n) is 6.94. The first-order valence-corrected chi connectivity index (χ1v) is 11.3. The van der Waals surface area contributed by atoms with Crippen LogP contribution in [0.2, 0.25) is 5.02 Å². The zero-order chi connectivity index (χ0) is 21.2. The SMILES string of the molecule is CCOC(=O)C1=CC2(CCC1S(=O)(=O)Cc1ccc(F)cc1Cl)OC[C@@H](CO)O2. The molecule has 2 aliphatic rings. The van der Waals surface area contributed by atoms with E-state index in [1.54, 1.807) is 6.92 Å². The van der Waals surface area contributed by atoms with Gasteiger partial charge in [-0.3, -0.25) is 0 Å². The van der Waals surface area contributed by atoms with E-state index in [1.807, 2.05) is 0 Å². The summed E-state index contributed by atoms with van der Waals surface area (Å²) < 4.78 is 55.9. The molecular formula is C19H22ClFO7S. The lowest BCUT2D eigenvalue weighted by atomic mass is 9.94. The normalized spacial score (nSPS) is 27.1. The molecule has 3 rings (SSSR count). The molecule has 0 aromatic heterocycles. The maximum Gasteiger partial charge on any atom is 0.335 e. The Morgan fingerprint density at radius 2 is 2.21 bits per heavy atom. The van der Waals surface area contributed by atoms with Crippen LogP contribution in [0.25, 0.3) is 0 Å². The van der Waals surface area contributed by atoms with Crippen molar-refractivity contribution in [1.82, 2.24) is 0 Å². The van der Waals surface area contributed by atoms with Crippen LogP contribution < -0.4 is 0 Å². The number of hydrogen-bond donors (Lipinski definition) is 1. The van der Waals surface area contributed by atoms with E-state index in [4.69, 9.17) is 25.8 Å². The standard InChI is InChI=1S/C19H22ClFO7S/c1-2-26-18(23)15-8-19(27-10-14(9-22)28-19)6-5-17(15)29(24,25)11-12-3-4-13(21)7-16(12)20/h3-4,7-8,14,17,22H,2,5-6,9-11H2,1H3/t14-,17?,19?/m1/s1. The number of aliphatic hydroxyl groups excluding tert-OH is 1. The molecule has 7 nitrogen and oxygen atoms in total. The first-order valence-electron chi connectivity index (χ1n) is 9.17. The number of esters is 1. The topological polar surface area (TPSA) is 99.1 Å². The van der Waals surface area contributed by atoms with Gasteiger partial charge in [0.15, 0.2) is 15.6 Å². The summed E-state index contributed by atoms with van der Waals surface area (Å²) in [5.41, 5.74) is 0.167. The lowest BCUT2D eigenvalue weighted by molar-refractivity contribution is -0.148. The van der Waals surface area contributed by atoms with E-state index in [-0.39, 0.29) is 48.8 Å². The second kappa shape index (κ2) is 8.69. The molecule has 3 atom stereocenters. The van der Waals surface area contributed by atoms with Crippen LogP contribution in [-0.2, 0) is 34.6 Å². The summed E-state index contributed by atoms with van der Waals surface area (Å²) in [5.74, 6) is -3.07. The Kier molecular flexibility index (Phi) is 6.64. The van der Waals surface area contributed by atoms with Crippen molar-refractivity contribution in [2.24, 2.45) is 0 Å². The predicted molar refractivity (Wildman–Crippen MR) is 102 cm³/mol. The fraction of sp³-hybridized carbons (Fsp3) is 0.526. The lowest BCUT2D eigenvalue weighted by Gasteiger charge is -2.33. The summed E-state index contributed by atoms with van der Waals surface area (Å²) in [5, 5.41) is 8.13. The Labute approximate surface area is 173 Å². The molecule has 1 aromatic rings. The van der Waals surface area contributed by atoms with Crippen LogP contribution in [0.1, 0.15) is 25.3 Å². The molecule has 1 aliphatic carbocycles. The highest BCUT2D eigenvalue weighted by molar-refractivity contribution is 7.91. The molecule has 1 aliphatic heterocycles. The number of carbonyl (C=O) groups excluding carboxylic acids is 1. The lowest BCUT2D eigenvalue weighted by Crippen LogP contribution is -2.41. The van der Waals surface area contributed by atoms with E-state index in [0.29, 0.717) is 0 Å². The van der Waals surface area contributed by atoms with Crippen LogP contribution in [0.3, 0.4) is 0 Å². The van der Waals surface area contributed by atoms with E-state index in [0.717, 1.165) is 12.1 Å². The molecule has 0 amide bonds. The highest BCUT2D eigenvalue weighted by Crippen LogP contribution is 2.39. The molecule has 1 heterocycles. The molecule has 1 N–H and O–H groups in total. The molecular weight excluding hydrogens is 427 g/mol. The largest absolute Gasteiger partial charge is 0.463 e. The number of carbonyl (C=O) groups is 1. The van der Waals surface area contributed by atoms with Gasteiger partial charge in [-0.1, -0.05) is 17.7 Å². The monoisotopic (exact) mass is 448 g/mol. The van der Waals surface area contributed by atoms with Crippen molar-refractivity contribution < 1.29 is 36.9 Å². The van der Waals surface area contributed by atoms with Crippen LogP contribution >= 0.6 is 11.6 Å². The van der Waals surface area contributed by atoms with Crippen LogP contribution in [-0.4, -0.2) is 56.5 Å². The Balaban J connectivity index is 1.93. The van der Waals surface area contributed by atoms with Crippen LogP contribution in [0.5, 0.6) is 0 Å². The molecule has 1 fully saturated rings. The predicted octanol–water partition coefficient (Wildman–Crippen LogP) is 2.15. The fourth-order valence-electron chi connectivity index (χ4n) is 3.50. The maximum atomic E-state index is 13.3. The van der Waals surface area contributed by atoms with Gasteiger partial charge in [-0.05, 0) is 37.1 Å². The second-order valence-corrected chi connectivity index (χ2v) is 9.53. The Morgan fingerprint density at radius 3 is 2.83 bits per heavy atom. The summed E-state index contributed by atoms with van der Waals surface area (Å²) >= 11 is 5.98. The van der Waals surface area contributed by atoms with Gasteiger partial charge in [0.2, 0.25) is 0 Å². The Morgan fingerprint density at radius 1 is 1.45 bits per heavy atom. The number of rotatable bonds is 6. The van der Waals surface area contributed by atoms with Crippen LogP contribution in [0.15, 0.2) is 29.8 Å². The van der Waals surface area contributed by atoms with Crippen molar-refractivity contribution in [3.63, 3.8) is 0 Å². The number of aliphatic hydroxyl groups is 1. The summed E-state index contributed by atoms with van der Waals surface area (Å²) in [7, 11) is -3.89. The van der Waals surface area contributed by atoms with Gasteiger partial charge in [-0.2, -0.15) is 0 Å². The van der Waals surface area contributed by atoms with Crippen molar-refractivity contribution >= 4 is 27.4 Å². The van der Waals surface area contributed by atoms with Gasteiger partial charge < -0.3 is 19.3 Å². The Bertz CT molecular complexity index is 917. The molecule has 0 bridgehead atoms. The summed E-state index contributed by atoms with van der Waals surface area (Å²) in [4.78, 5) is 12.5. The van der Waals surface area contributed by atoms with E-state index in [1.165, 1.54) is 12.1 Å². The number of sulfone groups is 1. The third kappa shape index (κ3) is 4.80. The minimum absolute atomic E-state index is 0.00392. The van der Waals surface area contributed by atoms with E-state index < -0.39 is 44.5 Å². The molecule has 10 heteroatoms. The number of halogens is 2. The smallest absolute Gasteiger partial charge is 0.335 e. The number of hydrogen-bond acceptors (Lipinski definition) is 7. The minimum Gasteiger partial charge on any atom is -0.463 e. The average molecular weight is 449 g/mol. The summed E-state index contributed by atoms with van der Waals surface area (Å²) in [6.45, 7) is 1.56. The number of ether oxygens (including phenoxy) is 3. The van der Waals surface area contributed by atoms with Crippen molar-refractivity contribution in [1.29, 1.82) is 0 Å². The fourth-order valence-corrected chi connectivity index (χ4v) is 5.73. The van der Waals surface area contributed by atoms with Gasteiger partial charge in [0.1, 0.15) is 11.9 Å². The molecule has 1 aromatic carbocycles. The minimum atomic E-state index is -3.89. The van der Waals surface area contributed by atoms with Crippen LogP contribution in [0.4, 0.5) is 4.39 Å². The van der Waals surface area contributed by atoms with E-state index in [2.05, 4.69) is 0 Å². The van der Waals surface area contributed by atoms with Gasteiger partial charge in [0.25, 0.3) is 0 Å². The van der Waals surface area contributed by atoms with Crippen molar-refractivity contribution in [3.8, 4) is 0 Å². The van der Waals surface area contributed by atoms with Gasteiger partial charge >= 0.3 is 5.97 Å². The number of benzene rings is 1. The summed E-state index contributed by atoms with van der Waals surface area (Å²) in [6.07, 6.45) is 1.04. The third-order valence-electron chi connectivity index (χ3n) is 4.88. The Hall–Kier alpha value is -1.52. The molecule has 0 radical (unpaired) electrons. The molecule has 1 saturated heterocycles. The molecule has 160 valence electrons. The molecule has 2 unspecified atom stereocenters. The van der Waals surface area contributed by atoms with E-state index in [9.17, 15) is 22.7 Å². The maximum absolute atomic E-state index is 13.3. The highest BCUT2D eigenvalue weighted by atomic mass is 35.5. The highest BCUT2D eigenvalue weighted by Gasteiger charge is 2.48. The third-order valence-corrected chi connectivity index (χ3v) is 7.30. The van der Waals surface area contributed by atoms with Gasteiger partial charge in [0, 0.05) is 11.4 Å².